The summed E-state index contributed by atoms with van der Waals surface area (Å²) in [6, 6.07) is 20.5. The van der Waals surface area contributed by atoms with Gasteiger partial charge in [0.1, 0.15) is 12.2 Å². The molecule has 3 aromatic heterocycles. The fourth-order valence-corrected chi connectivity index (χ4v) is 4.65. The SMILES string of the molecule is Cc1cc(C2(c3cccc(-c4cncc(C#N)c4)c3)NC(N)c3ncccc32)cc(C)n1. The zero-order chi connectivity index (χ0) is 22.3. The fraction of sp³-hybridized carbons (Fsp3) is 0.154. The van der Waals surface area contributed by atoms with Gasteiger partial charge in [0, 0.05) is 41.1 Å². The van der Waals surface area contributed by atoms with E-state index in [1.807, 2.05) is 38.1 Å². The number of fused-ring (bicyclic) bond motifs is 1. The molecule has 0 amide bonds. The Balaban J connectivity index is 1.78. The second-order valence-electron chi connectivity index (χ2n) is 8.10. The Hall–Kier alpha value is -3.92. The summed E-state index contributed by atoms with van der Waals surface area (Å²) in [4.78, 5) is 13.4. The van der Waals surface area contributed by atoms with Crippen LogP contribution < -0.4 is 11.1 Å². The molecule has 1 aliphatic heterocycles. The minimum atomic E-state index is -0.683. The third kappa shape index (κ3) is 3.16. The normalized spacial score (nSPS) is 19.4. The topological polar surface area (TPSA) is 101 Å². The Morgan fingerprint density at radius 2 is 1.78 bits per heavy atom. The number of rotatable bonds is 3. The Bertz CT molecular complexity index is 1350. The van der Waals surface area contributed by atoms with Crippen molar-refractivity contribution in [2.24, 2.45) is 5.73 Å². The number of benzene rings is 1. The van der Waals surface area contributed by atoms with E-state index in [2.05, 4.69) is 56.7 Å². The first kappa shape index (κ1) is 20.0. The van der Waals surface area contributed by atoms with E-state index in [1.165, 1.54) is 0 Å². The van der Waals surface area contributed by atoms with E-state index in [4.69, 9.17) is 5.73 Å². The van der Waals surface area contributed by atoms with Gasteiger partial charge < -0.3 is 5.73 Å². The molecule has 6 heteroatoms. The van der Waals surface area contributed by atoms with Crippen LogP contribution in [-0.2, 0) is 5.54 Å². The summed E-state index contributed by atoms with van der Waals surface area (Å²) >= 11 is 0. The monoisotopic (exact) mass is 418 g/mol. The number of aromatic nitrogens is 3. The average Bonchev–Trinajstić information content (AvgIpc) is 3.12. The minimum Gasteiger partial charge on any atom is -0.311 e. The first-order valence-electron chi connectivity index (χ1n) is 10.4. The maximum Gasteiger partial charge on any atom is 0.101 e. The molecule has 0 bridgehead atoms. The second-order valence-corrected chi connectivity index (χ2v) is 8.10. The van der Waals surface area contributed by atoms with Gasteiger partial charge in [-0.3, -0.25) is 20.3 Å². The maximum absolute atomic E-state index is 9.29. The lowest BCUT2D eigenvalue weighted by atomic mass is 9.77. The first-order valence-corrected chi connectivity index (χ1v) is 10.4. The third-order valence-corrected chi connectivity index (χ3v) is 5.92. The predicted molar refractivity (Wildman–Crippen MR) is 122 cm³/mol. The van der Waals surface area contributed by atoms with Gasteiger partial charge in [0.2, 0.25) is 0 Å². The first-order chi connectivity index (χ1) is 15.5. The molecule has 0 fully saturated rings. The second kappa shape index (κ2) is 7.65. The molecule has 2 atom stereocenters. The Morgan fingerprint density at radius 3 is 2.56 bits per heavy atom. The lowest BCUT2D eigenvalue weighted by Crippen LogP contribution is -2.42. The number of hydrogen-bond donors (Lipinski definition) is 2. The van der Waals surface area contributed by atoms with Crippen LogP contribution in [0, 0.1) is 25.2 Å². The number of nitrogens with zero attached hydrogens (tertiary/aromatic N) is 4. The van der Waals surface area contributed by atoms with Crippen molar-refractivity contribution in [2.45, 2.75) is 25.6 Å². The van der Waals surface area contributed by atoms with Gasteiger partial charge in [-0.2, -0.15) is 5.26 Å². The Morgan fingerprint density at radius 1 is 0.969 bits per heavy atom. The van der Waals surface area contributed by atoms with E-state index in [1.54, 1.807) is 18.6 Å². The summed E-state index contributed by atoms with van der Waals surface area (Å²) in [5, 5.41) is 12.9. The minimum absolute atomic E-state index is 0.410. The van der Waals surface area contributed by atoms with E-state index in [-0.39, 0.29) is 0 Å². The van der Waals surface area contributed by atoms with E-state index >= 15 is 0 Å². The highest BCUT2D eigenvalue weighted by molar-refractivity contribution is 5.67. The molecular formula is C26H22N6. The molecule has 0 saturated carbocycles. The van der Waals surface area contributed by atoms with Gasteiger partial charge in [0.05, 0.1) is 16.8 Å². The van der Waals surface area contributed by atoms with Crippen molar-refractivity contribution in [3.63, 3.8) is 0 Å². The molecule has 6 nitrogen and oxygen atoms in total. The van der Waals surface area contributed by atoms with Crippen LogP contribution >= 0.6 is 0 Å². The summed E-state index contributed by atoms with van der Waals surface area (Å²) < 4.78 is 0. The molecule has 1 aliphatic rings. The molecule has 0 saturated heterocycles. The Kier molecular flexibility index (Phi) is 4.78. The van der Waals surface area contributed by atoms with Crippen LogP contribution in [-0.4, -0.2) is 15.0 Å². The largest absolute Gasteiger partial charge is 0.311 e. The molecule has 4 heterocycles. The van der Waals surface area contributed by atoms with Crippen LogP contribution in [0.2, 0.25) is 0 Å². The van der Waals surface area contributed by atoms with Crippen molar-refractivity contribution in [3.8, 4) is 17.2 Å². The van der Waals surface area contributed by atoms with Crippen molar-refractivity contribution in [2.75, 3.05) is 0 Å². The molecule has 5 rings (SSSR count). The van der Waals surface area contributed by atoms with Gasteiger partial charge in [-0.25, -0.2) is 0 Å². The standard InChI is InChI=1S/C26H22N6/c1-16-9-22(10-17(2)31-16)26(23-7-4-8-30-24(23)25(28)32-26)21-6-3-5-19(12-21)20-11-18(13-27)14-29-15-20/h3-12,14-15,25,32H,28H2,1-2H3. The summed E-state index contributed by atoms with van der Waals surface area (Å²) in [7, 11) is 0. The van der Waals surface area contributed by atoms with Gasteiger partial charge in [0.25, 0.3) is 0 Å². The molecule has 3 N–H and O–H groups in total. The lowest BCUT2D eigenvalue weighted by Gasteiger charge is -2.33. The van der Waals surface area contributed by atoms with E-state index < -0.39 is 11.7 Å². The number of aryl methyl sites for hydroxylation is 2. The van der Waals surface area contributed by atoms with E-state index in [9.17, 15) is 5.26 Å². The van der Waals surface area contributed by atoms with Crippen LogP contribution in [0.1, 0.15) is 45.5 Å². The van der Waals surface area contributed by atoms with Gasteiger partial charge in [-0.05, 0) is 60.9 Å². The van der Waals surface area contributed by atoms with Crippen molar-refractivity contribution in [1.82, 2.24) is 20.3 Å². The van der Waals surface area contributed by atoms with Crippen molar-refractivity contribution in [1.29, 1.82) is 5.26 Å². The van der Waals surface area contributed by atoms with Gasteiger partial charge in [0.15, 0.2) is 0 Å². The predicted octanol–water partition coefficient (Wildman–Crippen LogP) is 3.88. The van der Waals surface area contributed by atoms with Gasteiger partial charge >= 0.3 is 0 Å². The highest BCUT2D eigenvalue weighted by Gasteiger charge is 2.46. The summed E-state index contributed by atoms with van der Waals surface area (Å²) in [5.74, 6) is 0. The smallest absolute Gasteiger partial charge is 0.101 e. The van der Waals surface area contributed by atoms with Crippen LogP contribution in [0.5, 0.6) is 0 Å². The van der Waals surface area contributed by atoms with Crippen LogP contribution in [0.15, 0.2) is 73.2 Å². The summed E-state index contributed by atoms with van der Waals surface area (Å²) in [6.45, 7) is 4.00. The number of nitrogens with two attached hydrogens (primary N) is 1. The molecule has 156 valence electrons. The number of nitrogens with one attached hydrogen (secondary N) is 1. The Labute approximate surface area is 186 Å². The lowest BCUT2D eigenvalue weighted by molar-refractivity contribution is 0.453. The van der Waals surface area contributed by atoms with E-state index in [0.29, 0.717) is 5.56 Å². The highest BCUT2D eigenvalue weighted by atomic mass is 15.2. The number of pyridine rings is 3. The van der Waals surface area contributed by atoms with E-state index in [0.717, 1.165) is 44.9 Å². The fourth-order valence-electron chi connectivity index (χ4n) is 4.65. The number of hydrogen-bond acceptors (Lipinski definition) is 6. The van der Waals surface area contributed by atoms with Crippen molar-refractivity contribution < 1.29 is 0 Å². The number of nitriles is 1. The summed E-state index contributed by atoms with van der Waals surface area (Å²) in [6.07, 6.45) is 4.70. The zero-order valence-electron chi connectivity index (χ0n) is 17.9. The molecule has 1 aromatic carbocycles. The zero-order valence-corrected chi connectivity index (χ0v) is 17.9. The van der Waals surface area contributed by atoms with Gasteiger partial charge in [-0.15, -0.1) is 0 Å². The van der Waals surface area contributed by atoms with Gasteiger partial charge in [-0.1, -0.05) is 24.3 Å². The van der Waals surface area contributed by atoms with Crippen molar-refractivity contribution in [3.05, 3.63) is 113 Å². The van der Waals surface area contributed by atoms with Crippen LogP contribution in [0.3, 0.4) is 0 Å². The van der Waals surface area contributed by atoms with Crippen LogP contribution in [0.25, 0.3) is 11.1 Å². The molecule has 4 aromatic rings. The van der Waals surface area contributed by atoms with Crippen molar-refractivity contribution >= 4 is 0 Å². The maximum atomic E-state index is 9.29. The highest BCUT2D eigenvalue weighted by Crippen LogP contribution is 2.45. The summed E-state index contributed by atoms with van der Waals surface area (Å²) in [5.41, 5.74) is 14.1. The van der Waals surface area contributed by atoms with Crippen LogP contribution in [0.4, 0.5) is 0 Å². The molecule has 0 spiro atoms. The molecule has 2 unspecified atom stereocenters. The third-order valence-electron chi connectivity index (χ3n) is 5.92. The average molecular weight is 419 g/mol. The molecular weight excluding hydrogens is 396 g/mol. The molecule has 32 heavy (non-hydrogen) atoms. The molecule has 0 radical (unpaired) electrons. The molecule has 0 aliphatic carbocycles. The quantitative estimate of drug-likeness (QED) is 0.524.